The number of thiophene rings is 1. The number of halogens is 2. The van der Waals surface area contributed by atoms with Crippen LogP contribution in [0, 0.1) is 10.1 Å². The lowest BCUT2D eigenvalue weighted by Gasteiger charge is -2.01. The number of phenols is 2. The van der Waals surface area contributed by atoms with Crippen LogP contribution in [0.3, 0.4) is 0 Å². The van der Waals surface area contributed by atoms with E-state index in [0.29, 0.717) is 20.1 Å². The van der Waals surface area contributed by atoms with E-state index in [2.05, 4.69) is 15.2 Å². The fraction of sp³-hybridized carbons (Fsp3) is 0. The third kappa shape index (κ3) is 2.81. The number of nitro groups is 1. The minimum atomic E-state index is -0.818. The SMILES string of the molecule is O=[N+]([O-])c1cc(-c2n[nH]c(-c3cc(Cl)sc3Cl)n2)cc(O)c1O. The number of nitrogens with one attached hydrogen (secondary N) is 1. The van der Waals surface area contributed by atoms with Crippen molar-refractivity contribution in [1.29, 1.82) is 0 Å². The van der Waals surface area contributed by atoms with Crippen LogP contribution in [0.15, 0.2) is 18.2 Å². The van der Waals surface area contributed by atoms with Crippen LogP contribution in [0.5, 0.6) is 11.5 Å². The summed E-state index contributed by atoms with van der Waals surface area (Å²) in [6, 6.07) is 3.79. The monoisotopic (exact) mass is 372 g/mol. The van der Waals surface area contributed by atoms with E-state index in [1.165, 1.54) is 0 Å². The summed E-state index contributed by atoms with van der Waals surface area (Å²) in [5, 5.41) is 36.6. The number of aromatic hydroxyl groups is 2. The van der Waals surface area contributed by atoms with Crippen molar-refractivity contribution in [2.24, 2.45) is 0 Å². The molecule has 0 atom stereocenters. The van der Waals surface area contributed by atoms with Crippen molar-refractivity contribution in [3.05, 3.63) is 37.0 Å². The zero-order valence-electron chi connectivity index (χ0n) is 10.9. The Kier molecular flexibility index (Phi) is 3.84. The first kappa shape index (κ1) is 15.5. The van der Waals surface area contributed by atoms with Gasteiger partial charge >= 0.3 is 5.69 Å². The minimum Gasteiger partial charge on any atom is -0.504 e. The molecule has 0 aliphatic rings. The topological polar surface area (TPSA) is 125 Å². The number of phenolic OH excluding ortho intramolecular Hbond substituents is 2. The number of benzene rings is 1. The second-order valence-corrected chi connectivity index (χ2v) is 6.65. The summed E-state index contributed by atoms with van der Waals surface area (Å²) in [6.07, 6.45) is 0. The zero-order chi connectivity index (χ0) is 16.7. The van der Waals surface area contributed by atoms with E-state index >= 15 is 0 Å². The van der Waals surface area contributed by atoms with E-state index in [4.69, 9.17) is 23.2 Å². The average Bonchev–Trinajstić information content (AvgIpc) is 3.07. The fourth-order valence-electron chi connectivity index (χ4n) is 1.89. The fourth-order valence-corrected chi connectivity index (χ4v) is 3.35. The third-order valence-corrected chi connectivity index (χ3v) is 4.41. The number of hydrogen-bond donors (Lipinski definition) is 3. The summed E-state index contributed by atoms with van der Waals surface area (Å²) in [5.41, 5.74) is 0.0489. The number of nitro benzene ring substituents is 1. The maximum absolute atomic E-state index is 10.9. The smallest absolute Gasteiger partial charge is 0.315 e. The summed E-state index contributed by atoms with van der Waals surface area (Å²) in [5.74, 6) is -1.04. The van der Waals surface area contributed by atoms with Gasteiger partial charge in [0.05, 0.1) is 9.26 Å². The van der Waals surface area contributed by atoms with Crippen molar-refractivity contribution in [2.45, 2.75) is 0 Å². The molecule has 8 nitrogen and oxygen atoms in total. The van der Waals surface area contributed by atoms with Gasteiger partial charge < -0.3 is 10.2 Å². The van der Waals surface area contributed by atoms with E-state index in [9.17, 15) is 20.3 Å². The van der Waals surface area contributed by atoms with Gasteiger partial charge in [-0.1, -0.05) is 23.2 Å². The van der Waals surface area contributed by atoms with Gasteiger partial charge in [-0.15, -0.1) is 11.3 Å². The molecule has 0 spiro atoms. The van der Waals surface area contributed by atoms with E-state index < -0.39 is 22.1 Å². The Labute approximate surface area is 142 Å². The highest BCUT2D eigenvalue weighted by Gasteiger charge is 2.21. The van der Waals surface area contributed by atoms with Gasteiger partial charge in [0.2, 0.25) is 5.75 Å². The molecule has 0 unspecified atom stereocenters. The van der Waals surface area contributed by atoms with E-state index in [0.717, 1.165) is 23.5 Å². The quantitative estimate of drug-likeness (QED) is 0.364. The number of H-pyrrole nitrogens is 1. The molecule has 3 N–H and O–H groups in total. The molecule has 0 saturated heterocycles. The molecule has 0 amide bonds. The molecular formula is C12H6Cl2N4O4S. The summed E-state index contributed by atoms with van der Waals surface area (Å²) in [4.78, 5) is 14.2. The summed E-state index contributed by atoms with van der Waals surface area (Å²) in [6.45, 7) is 0. The molecule has 0 aliphatic carbocycles. The van der Waals surface area contributed by atoms with Crippen LogP contribution in [0.1, 0.15) is 0 Å². The third-order valence-electron chi connectivity index (χ3n) is 2.92. The molecule has 0 radical (unpaired) electrons. The molecule has 2 aromatic heterocycles. The molecule has 118 valence electrons. The highest BCUT2D eigenvalue weighted by atomic mass is 35.5. The van der Waals surface area contributed by atoms with E-state index in [-0.39, 0.29) is 11.4 Å². The Morgan fingerprint density at radius 3 is 2.61 bits per heavy atom. The number of hydrogen-bond acceptors (Lipinski definition) is 7. The zero-order valence-corrected chi connectivity index (χ0v) is 13.3. The van der Waals surface area contributed by atoms with Gasteiger partial charge in [-0.2, -0.15) is 5.10 Å². The van der Waals surface area contributed by atoms with Crippen LogP contribution >= 0.6 is 34.5 Å². The molecular weight excluding hydrogens is 367 g/mol. The second-order valence-electron chi connectivity index (χ2n) is 4.37. The first-order valence-corrected chi connectivity index (χ1v) is 7.52. The molecule has 0 bridgehead atoms. The predicted octanol–water partition coefficient (Wildman–Crippen LogP) is 3.83. The lowest BCUT2D eigenvalue weighted by molar-refractivity contribution is -0.385. The van der Waals surface area contributed by atoms with Gasteiger partial charge in [0.15, 0.2) is 17.4 Å². The predicted molar refractivity (Wildman–Crippen MR) is 85.1 cm³/mol. The van der Waals surface area contributed by atoms with Crippen molar-refractivity contribution in [2.75, 3.05) is 0 Å². The normalized spacial score (nSPS) is 10.9. The molecule has 3 rings (SSSR count). The second kappa shape index (κ2) is 5.69. The van der Waals surface area contributed by atoms with E-state index in [1.54, 1.807) is 6.07 Å². The van der Waals surface area contributed by atoms with Gasteiger partial charge in [-0.05, 0) is 12.1 Å². The van der Waals surface area contributed by atoms with Gasteiger partial charge in [-0.25, -0.2) is 4.98 Å². The Hall–Kier alpha value is -2.36. The Bertz CT molecular complexity index is 924. The Balaban J connectivity index is 2.07. The minimum absolute atomic E-state index is 0.0942. The first-order valence-electron chi connectivity index (χ1n) is 5.95. The Morgan fingerprint density at radius 1 is 1.26 bits per heavy atom. The molecule has 0 saturated carbocycles. The van der Waals surface area contributed by atoms with Crippen molar-refractivity contribution in [3.8, 4) is 34.3 Å². The number of aromatic amines is 1. The Morgan fingerprint density at radius 2 is 2.00 bits per heavy atom. The lowest BCUT2D eigenvalue weighted by atomic mass is 10.1. The number of rotatable bonds is 3. The van der Waals surface area contributed by atoms with Crippen molar-refractivity contribution in [1.82, 2.24) is 15.2 Å². The standard InChI is InChI=1S/C12H6Cl2N4O4S/c13-8-3-5(10(14)23-8)12-15-11(16-17-12)4-1-6(18(21)22)9(20)7(19)2-4/h1-3,19-20H,(H,15,16,17). The maximum Gasteiger partial charge on any atom is 0.315 e. The largest absolute Gasteiger partial charge is 0.504 e. The van der Waals surface area contributed by atoms with Crippen molar-refractivity contribution in [3.63, 3.8) is 0 Å². The van der Waals surface area contributed by atoms with Crippen LogP contribution in [0.4, 0.5) is 5.69 Å². The van der Waals surface area contributed by atoms with Gasteiger partial charge in [0.25, 0.3) is 0 Å². The van der Waals surface area contributed by atoms with Crippen molar-refractivity contribution >= 4 is 40.2 Å². The number of aromatic nitrogens is 3. The molecule has 3 aromatic rings. The molecule has 23 heavy (non-hydrogen) atoms. The molecule has 0 aliphatic heterocycles. The van der Waals surface area contributed by atoms with Crippen LogP contribution in [-0.2, 0) is 0 Å². The summed E-state index contributed by atoms with van der Waals surface area (Å²) in [7, 11) is 0. The van der Waals surface area contributed by atoms with Gasteiger partial charge in [0, 0.05) is 17.2 Å². The van der Waals surface area contributed by atoms with Crippen molar-refractivity contribution < 1.29 is 15.1 Å². The number of nitrogens with zero attached hydrogens (tertiary/aromatic N) is 3. The van der Waals surface area contributed by atoms with Crippen LogP contribution in [-0.4, -0.2) is 30.3 Å². The molecule has 0 fully saturated rings. The van der Waals surface area contributed by atoms with Gasteiger partial charge in [-0.3, -0.25) is 15.2 Å². The van der Waals surface area contributed by atoms with Crippen LogP contribution in [0.2, 0.25) is 8.67 Å². The summed E-state index contributed by atoms with van der Waals surface area (Å²) >= 11 is 13.1. The van der Waals surface area contributed by atoms with Crippen LogP contribution < -0.4 is 0 Å². The lowest BCUT2D eigenvalue weighted by Crippen LogP contribution is -1.91. The molecule has 2 heterocycles. The van der Waals surface area contributed by atoms with Crippen LogP contribution in [0.25, 0.3) is 22.8 Å². The maximum atomic E-state index is 10.9. The van der Waals surface area contributed by atoms with E-state index in [1.807, 2.05) is 0 Å². The highest BCUT2D eigenvalue weighted by Crippen LogP contribution is 2.40. The van der Waals surface area contributed by atoms with Gasteiger partial charge in [0.1, 0.15) is 4.34 Å². The molecule has 1 aromatic carbocycles. The first-order chi connectivity index (χ1) is 10.9. The highest BCUT2D eigenvalue weighted by molar-refractivity contribution is 7.20. The average molecular weight is 373 g/mol. The summed E-state index contributed by atoms with van der Waals surface area (Å²) < 4.78 is 0.887. The molecule has 11 heteroatoms.